The Morgan fingerprint density at radius 3 is 2.50 bits per heavy atom. The van der Waals surface area contributed by atoms with Crippen LogP contribution in [0.25, 0.3) is 5.69 Å². The van der Waals surface area contributed by atoms with Gasteiger partial charge in [-0.15, -0.1) is 0 Å². The Morgan fingerprint density at radius 2 is 1.72 bits per heavy atom. The average Bonchev–Trinajstić information content (AvgIpc) is 3.44. The highest BCUT2D eigenvalue weighted by molar-refractivity contribution is 5.78. The fraction of sp³-hybridized carbons (Fsp3) is 0.241. The van der Waals surface area contributed by atoms with Crippen molar-refractivity contribution in [2.45, 2.75) is 19.6 Å². The Balaban J connectivity index is 1.42. The van der Waals surface area contributed by atoms with Gasteiger partial charge in [0.25, 0.3) is 0 Å². The van der Waals surface area contributed by atoms with Gasteiger partial charge in [0.15, 0.2) is 0 Å². The minimum atomic E-state index is 0.0918. The highest BCUT2D eigenvalue weighted by Crippen LogP contribution is 2.24. The lowest BCUT2D eigenvalue weighted by Crippen LogP contribution is -2.47. The Kier molecular flexibility index (Phi) is 7.28. The van der Waals surface area contributed by atoms with Crippen LogP contribution in [0.2, 0.25) is 0 Å². The van der Waals surface area contributed by atoms with Gasteiger partial charge in [0.05, 0.1) is 19.3 Å². The number of anilines is 1. The molecule has 0 radical (unpaired) electrons. The van der Waals surface area contributed by atoms with Gasteiger partial charge in [0.1, 0.15) is 5.75 Å². The Labute approximate surface area is 211 Å². The maximum atomic E-state index is 11.8. The highest BCUT2D eigenvalue weighted by Gasteiger charge is 2.17. The summed E-state index contributed by atoms with van der Waals surface area (Å²) in [5, 5.41) is 7.28. The van der Waals surface area contributed by atoms with Crippen LogP contribution in [0, 0.1) is 0 Å². The number of amides is 1. The highest BCUT2D eigenvalue weighted by atomic mass is 16.5. The minimum absolute atomic E-state index is 0.0918. The lowest BCUT2D eigenvalue weighted by Gasteiger charge is -2.28. The lowest BCUT2D eigenvalue weighted by molar-refractivity contribution is -0.124. The summed E-state index contributed by atoms with van der Waals surface area (Å²) in [6.45, 7) is 4.23. The third-order valence-electron chi connectivity index (χ3n) is 6.36. The molecule has 184 valence electrons. The Morgan fingerprint density at radius 1 is 0.944 bits per heavy atom. The predicted molar refractivity (Wildman–Crippen MR) is 141 cm³/mol. The van der Waals surface area contributed by atoms with E-state index in [0.717, 1.165) is 43.3 Å². The minimum Gasteiger partial charge on any atom is -0.497 e. The number of hydrogen-bond donors (Lipinski definition) is 1. The van der Waals surface area contributed by atoms with Crippen LogP contribution in [-0.4, -0.2) is 47.3 Å². The molecule has 7 nitrogen and oxygen atoms in total. The molecule has 0 spiro atoms. The van der Waals surface area contributed by atoms with Crippen LogP contribution in [0.5, 0.6) is 5.75 Å². The van der Waals surface area contributed by atoms with E-state index < -0.39 is 0 Å². The topological polar surface area (TPSA) is 62.6 Å². The molecule has 5 rings (SSSR count). The van der Waals surface area contributed by atoms with Crippen molar-refractivity contribution in [2.24, 2.45) is 0 Å². The first-order chi connectivity index (χ1) is 17.7. The molecule has 0 saturated carbocycles. The van der Waals surface area contributed by atoms with Crippen molar-refractivity contribution in [1.82, 2.24) is 20.0 Å². The molecule has 1 amide bonds. The molecule has 0 bridgehead atoms. The number of carbonyl (C=O) groups is 1. The molecule has 1 aliphatic rings. The molecular formula is C29H31N5O2. The van der Waals surface area contributed by atoms with Gasteiger partial charge in [-0.05, 0) is 59.2 Å². The summed E-state index contributed by atoms with van der Waals surface area (Å²) in [6.07, 6.45) is 3.75. The molecule has 1 aliphatic heterocycles. The quantitative estimate of drug-likeness (QED) is 0.391. The van der Waals surface area contributed by atoms with E-state index in [9.17, 15) is 4.79 Å². The first kappa shape index (κ1) is 23.6. The maximum absolute atomic E-state index is 11.8. The van der Waals surface area contributed by atoms with Crippen molar-refractivity contribution in [3.05, 3.63) is 108 Å². The molecular weight excluding hydrogens is 450 g/mol. The van der Waals surface area contributed by atoms with Crippen molar-refractivity contribution in [1.29, 1.82) is 0 Å². The van der Waals surface area contributed by atoms with Crippen LogP contribution in [0.4, 0.5) is 5.69 Å². The van der Waals surface area contributed by atoms with E-state index in [4.69, 9.17) is 4.74 Å². The fourth-order valence-corrected chi connectivity index (χ4v) is 4.61. The van der Waals surface area contributed by atoms with Crippen LogP contribution in [-0.2, 0) is 24.4 Å². The summed E-state index contributed by atoms with van der Waals surface area (Å²) in [5.74, 6) is 0.944. The fourth-order valence-electron chi connectivity index (χ4n) is 4.61. The first-order valence-corrected chi connectivity index (χ1v) is 12.2. The molecule has 2 heterocycles. The summed E-state index contributed by atoms with van der Waals surface area (Å²) in [5.41, 5.74) is 5.75. The van der Waals surface area contributed by atoms with E-state index in [2.05, 4.69) is 80.9 Å². The van der Waals surface area contributed by atoms with E-state index in [1.807, 2.05) is 29.1 Å². The van der Waals surface area contributed by atoms with Crippen molar-refractivity contribution < 1.29 is 9.53 Å². The van der Waals surface area contributed by atoms with Crippen LogP contribution in [0.1, 0.15) is 16.7 Å². The average molecular weight is 482 g/mol. The molecule has 1 N–H and O–H groups in total. The number of rotatable bonds is 9. The van der Waals surface area contributed by atoms with Crippen molar-refractivity contribution in [3.8, 4) is 11.4 Å². The van der Waals surface area contributed by atoms with Gasteiger partial charge in [0, 0.05) is 50.8 Å². The van der Waals surface area contributed by atoms with E-state index in [0.29, 0.717) is 13.1 Å². The summed E-state index contributed by atoms with van der Waals surface area (Å²) < 4.78 is 7.34. The van der Waals surface area contributed by atoms with Crippen molar-refractivity contribution in [2.75, 3.05) is 31.6 Å². The second kappa shape index (κ2) is 11.1. The maximum Gasteiger partial charge on any atom is 0.234 e. The van der Waals surface area contributed by atoms with Gasteiger partial charge in [-0.25, -0.2) is 4.68 Å². The number of methoxy groups -OCH3 is 1. The largest absolute Gasteiger partial charge is 0.497 e. The number of hydrogen-bond acceptors (Lipinski definition) is 5. The number of carbonyl (C=O) groups excluding carboxylic acids is 1. The number of benzene rings is 3. The van der Waals surface area contributed by atoms with Gasteiger partial charge >= 0.3 is 0 Å². The number of ether oxygens (including phenoxy) is 1. The van der Waals surface area contributed by atoms with Crippen LogP contribution in [0.15, 0.2) is 91.3 Å². The van der Waals surface area contributed by atoms with Crippen LogP contribution in [0.3, 0.4) is 0 Å². The van der Waals surface area contributed by atoms with Crippen LogP contribution < -0.4 is 15.0 Å². The third-order valence-corrected chi connectivity index (χ3v) is 6.36. The number of nitrogens with one attached hydrogen (secondary N) is 1. The normalized spacial score (nSPS) is 13.9. The lowest BCUT2D eigenvalue weighted by atomic mass is 10.1. The summed E-state index contributed by atoms with van der Waals surface area (Å²) in [6, 6.07) is 27.3. The Hall–Kier alpha value is -4.10. The van der Waals surface area contributed by atoms with Gasteiger partial charge < -0.3 is 15.0 Å². The molecule has 36 heavy (non-hydrogen) atoms. The van der Waals surface area contributed by atoms with Gasteiger partial charge in [0.2, 0.25) is 5.91 Å². The second-order valence-electron chi connectivity index (χ2n) is 9.06. The standard InChI is InChI=1S/C29H31N5O2/c1-36-28-11-4-8-25(18-28)21-33(20-24-7-3-10-27(17-24)34-14-5-12-31-34)26-9-2-6-23(16-26)19-32-15-13-30-29(35)22-32/h2-12,14,16-18H,13,15,19-22H2,1H3,(H,30,35). The second-order valence-corrected chi connectivity index (χ2v) is 9.06. The molecule has 1 aromatic heterocycles. The number of aromatic nitrogens is 2. The van der Waals surface area contributed by atoms with Gasteiger partial charge in [-0.3, -0.25) is 9.69 Å². The summed E-state index contributed by atoms with van der Waals surface area (Å²) in [4.78, 5) is 16.4. The summed E-state index contributed by atoms with van der Waals surface area (Å²) >= 11 is 0. The van der Waals surface area contributed by atoms with Crippen molar-refractivity contribution in [3.63, 3.8) is 0 Å². The summed E-state index contributed by atoms with van der Waals surface area (Å²) in [7, 11) is 1.70. The van der Waals surface area contributed by atoms with Gasteiger partial charge in [-0.2, -0.15) is 5.10 Å². The van der Waals surface area contributed by atoms with E-state index in [-0.39, 0.29) is 5.91 Å². The molecule has 1 saturated heterocycles. The molecule has 0 aliphatic carbocycles. The molecule has 7 heteroatoms. The monoisotopic (exact) mass is 481 g/mol. The molecule has 3 aromatic carbocycles. The smallest absolute Gasteiger partial charge is 0.234 e. The zero-order chi connectivity index (χ0) is 24.7. The third kappa shape index (κ3) is 5.93. The van der Waals surface area contributed by atoms with Crippen LogP contribution >= 0.6 is 0 Å². The van der Waals surface area contributed by atoms with E-state index >= 15 is 0 Å². The predicted octanol–water partition coefficient (Wildman–Crippen LogP) is 4.02. The van der Waals surface area contributed by atoms with Gasteiger partial charge in [-0.1, -0.05) is 36.4 Å². The zero-order valence-electron chi connectivity index (χ0n) is 20.5. The molecule has 0 unspecified atom stereocenters. The van der Waals surface area contributed by atoms with E-state index in [1.165, 1.54) is 16.7 Å². The molecule has 4 aromatic rings. The molecule has 0 atom stereocenters. The number of piperazine rings is 1. The number of nitrogens with zero attached hydrogens (tertiary/aromatic N) is 4. The first-order valence-electron chi connectivity index (χ1n) is 12.2. The zero-order valence-corrected chi connectivity index (χ0v) is 20.5. The van der Waals surface area contributed by atoms with E-state index in [1.54, 1.807) is 13.3 Å². The SMILES string of the molecule is COc1cccc(CN(Cc2cccc(-n3cccn3)c2)c2cccc(CN3CCNC(=O)C3)c2)c1. The molecule has 1 fully saturated rings. The van der Waals surface area contributed by atoms with Crippen molar-refractivity contribution >= 4 is 11.6 Å². The Bertz CT molecular complexity index is 1300.